The van der Waals surface area contributed by atoms with Crippen LogP contribution >= 0.6 is 0 Å². The molecular weight excluding hydrogens is 296 g/mol. The summed E-state index contributed by atoms with van der Waals surface area (Å²) in [5.74, 6) is -2.24. The molecule has 3 rings (SSSR count). The van der Waals surface area contributed by atoms with Gasteiger partial charge in [0.15, 0.2) is 0 Å². The van der Waals surface area contributed by atoms with Crippen LogP contribution in [-0.2, 0) is 4.79 Å². The van der Waals surface area contributed by atoms with E-state index in [1.54, 1.807) is 0 Å². The molecule has 0 saturated carbocycles. The summed E-state index contributed by atoms with van der Waals surface area (Å²) in [6.07, 6.45) is 1.50. The Bertz CT molecular complexity index is 842. The number of hydrogen-bond acceptors (Lipinski definition) is 4. The van der Waals surface area contributed by atoms with Crippen molar-refractivity contribution in [1.82, 2.24) is 0 Å². The molecule has 6 nitrogen and oxygen atoms in total. The number of aromatic carboxylic acids is 1. The van der Waals surface area contributed by atoms with Gasteiger partial charge < -0.3 is 15.5 Å². The first-order valence-corrected chi connectivity index (χ1v) is 6.98. The zero-order chi connectivity index (χ0) is 16.6. The van der Waals surface area contributed by atoms with Crippen molar-refractivity contribution in [3.63, 3.8) is 0 Å². The quantitative estimate of drug-likeness (QED) is 0.759. The summed E-state index contributed by atoms with van der Waals surface area (Å²) in [6.45, 7) is 1.92. The lowest BCUT2D eigenvalue weighted by Crippen LogP contribution is -2.13. The second-order valence-electron chi connectivity index (χ2n) is 5.29. The molecule has 0 aliphatic carbocycles. The Kier molecular flexibility index (Phi) is 3.57. The lowest BCUT2D eigenvalue weighted by atomic mass is 9.97. The van der Waals surface area contributed by atoms with Gasteiger partial charge in [-0.1, -0.05) is 12.1 Å². The predicted octanol–water partition coefficient (Wildman–Crippen LogP) is 2.84. The van der Waals surface area contributed by atoms with Gasteiger partial charge in [-0.15, -0.1) is 0 Å². The van der Waals surface area contributed by atoms with Gasteiger partial charge in [-0.3, -0.25) is 9.79 Å². The molecule has 0 spiro atoms. The highest BCUT2D eigenvalue weighted by Crippen LogP contribution is 2.34. The number of benzene rings is 2. The molecule has 0 fully saturated rings. The van der Waals surface area contributed by atoms with Crippen LogP contribution in [0, 0.1) is 6.92 Å². The minimum Gasteiger partial charge on any atom is -0.507 e. The van der Waals surface area contributed by atoms with Crippen LogP contribution in [0.2, 0.25) is 0 Å². The number of nitrogens with zero attached hydrogens (tertiary/aromatic N) is 1. The van der Waals surface area contributed by atoms with E-state index in [0.29, 0.717) is 5.69 Å². The second kappa shape index (κ2) is 5.57. The third-order valence-corrected chi connectivity index (χ3v) is 3.76. The number of anilines is 1. The third kappa shape index (κ3) is 2.66. The molecule has 2 aromatic carbocycles. The predicted molar refractivity (Wildman–Crippen MR) is 85.8 cm³/mol. The molecule has 6 heteroatoms. The molecule has 1 atom stereocenters. The van der Waals surface area contributed by atoms with Gasteiger partial charge in [-0.25, -0.2) is 4.79 Å². The topological polar surface area (TPSA) is 99.0 Å². The molecule has 1 aliphatic rings. The average Bonchev–Trinajstić information content (AvgIpc) is 2.81. The van der Waals surface area contributed by atoms with Crippen LogP contribution in [0.1, 0.15) is 27.4 Å². The van der Waals surface area contributed by atoms with Crippen molar-refractivity contribution in [3.8, 4) is 5.75 Å². The van der Waals surface area contributed by atoms with Crippen LogP contribution in [0.4, 0.5) is 11.4 Å². The number of carbonyl (C=O) groups is 2. The number of carboxylic acid groups (broad SMARTS) is 1. The highest BCUT2D eigenvalue weighted by Gasteiger charge is 2.30. The van der Waals surface area contributed by atoms with Crippen LogP contribution in [0.3, 0.4) is 0 Å². The Labute approximate surface area is 132 Å². The van der Waals surface area contributed by atoms with E-state index in [2.05, 4.69) is 10.3 Å². The number of carbonyl (C=O) groups excluding carboxylic acids is 1. The lowest BCUT2D eigenvalue weighted by Gasteiger charge is -2.06. The van der Waals surface area contributed by atoms with Crippen LogP contribution in [0.25, 0.3) is 0 Å². The van der Waals surface area contributed by atoms with E-state index in [1.807, 2.05) is 25.1 Å². The largest absolute Gasteiger partial charge is 0.507 e. The molecule has 0 radical (unpaired) electrons. The number of nitrogens with one attached hydrogen (secondary N) is 1. The number of hydrogen-bond donors (Lipinski definition) is 3. The fourth-order valence-corrected chi connectivity index (χ4v) is 2.63. The van der Waals surface area contributed by atoms with Crippen molar-refractivity contribution < 1.29 is 19.8 Å². The molecular formula is C17H14N2O4. The Morgan fingerprint density at radius 2 is 2.09 bits per heavy atom. The van der Waals surface area contributed by atoms with Crippen LogP contribution in [0.15, 0.2) is 41.4 Å². The zero-order valence-electron chi connectivity index (χ0n) is 12.3. The van der Waals surface area contributed by atoms with Crippen molar-refractivity contribution in [2.45, 2.75) is 12.8 Å². The van der Waals surface area contributed by atoms with Gasteiger partial charge in [0.2, 0.25) is 5.91 Å². The first kappa shape index (κ1) is 14.8. The minimum atomic E-state index is -1.21. The van der Waals surface area contributed by atoms with Gasteiger partial charge in [0.1, 0.15) is 17.2 Å². The summed E-state index contributed by atoms with van der Waals surface area (Å²) in [5, 5.41) is 21.4. The fraction of sp³-hybridized carbons (Fsp3) is 0.118. The van der Waals surface area contributed by atoms with Crippen LogP contribution < -0.4 is 5.32 Å². The maximum absolute atomic E-state index is 12.1. The summed E-state index contributed by atoms with van der Waals surface area (Å²) in [7, 11) is 0. The third-order valence-electron chi connectivity index (χ3n) is 3.76. The van der Waals surface area contributed by atoms with E-state index in [-0.39, 0.29) is 17.2 Å². The van der Waals surface area contributed by atoms with Crippen molar-refractivity contribution >= 4 is 29.5 Å². The smallest absolute Gasteiger partial charge is 0.339 e. The summed E-state index contributed by atoms with van der Waals surface area (Å²) < 4.78 is 0. The highest BCUT2D eigenvalue weighted by molar-refractivity contribution is 6.13. The van der Waals surface area contributed by atoms with Gasteiger partial charge in [-0.2, -0.15) is 0 Å². The number of aryl methyl sites for hydroxylation is 1. The normalized spacial score (nSPS) is 16.4. The standard InChI is InChI=1S/C17H14N2O4/c1-9-3-2-4-13-15(9)12(16(21)19-13)8-18-10-5-6-11(17(22)23)14(20)7-10/h2-8,12,20H,1H3,(H,19,21)(H,22,23). The van der Waals surface area contributed by atoms with Gasteiger partial charge in [0.05, 0.1) is 5.69 Å². The molecule has 116 valence electrons. The number of rotatable bonds is 3. The number of amides is 1. The molecule has 3 N–H and O–H groups in total. The average molecular weight is 310 g/mol. The maximum atomic E-state index is 12.1. The van der Waals surface area contributed by atoms with E-state index in [1.165, 1.54) is 24.4 Å². The van der Waals surface area contributed by atoms with Crippen molar-refractivity contribution in [2.24, 2.45) is 4.99 Å². The first-order valence-electron chi connectivity index (χ1n) is 6.98. The van der Waals surface area contributed by atoms with Crippen molar-refractivity contribution in [3.05, 3.63) is 53.1 Å². The Morgan fingerprint density at radius 1 is 1.30 bits per heavy atom. The maximum Gasteiger partial charge on any atom is 0.339 e. The van der Waals surface area contributed by atoms with Gasteiger partial charge >= 0.3 is 5.97 Å². The van der Waals surface area contributed by atoms with E-state index >= 15 is 0 Å². The lowest BCUT2D eigenvalue weighted by molar-refractivity contribution is -0.115. The number of carboxylic acids is 1. The van der Waals surface area contributed by atoms with E-state index < -0.39 is 11.9 Å². The molecule has 2 aromatic rings. The SMILES string of the molecule is Cc1cccc2c1C(C=Nc1ccc(C(=O)O)c(O)c1)C(=O)N2. The molecule has 0 aromatic heterocycles. The Balaban J connectivity index is 1.91. The van der Waals surface area contributed by atoms with Gasteiger partial charge in [-0.05, 0) is 36.2 Å². The van der Waals surface area contributed by atoms with Gasteiger partial charge in [0.25, 0.3) is 0 Å². The minimum absolute atomic E-state index is 0.163. The summed E-state index contributed by atoms with van der Waals surface area (Å²) >= 11 is 0. The molecule has 1 unspecified atom stereocenters. The van der Waals surface area contributed by atoms with Crippen LogP contribution in [-0.4, -0.2) is 28.3 Å². The number of aromatic hydroxyl groups is 1. The second-order valence-corrected chi connectivity index (χ2v) is 5.29. The van der Waals surface area contributed by atoms with Crippen molar-refractivity contribution in [1.29, 1.82) is 0 Å². The number of aliphatic imine (C=N–C) groups is 1. The fourth-order valence-electron chi connectivity index (χ4n) is 2.63. The molecule has 23 heavy (non-hydrogen) atoms. The Morgan fingerprint density at radius 3 is 2.78 bits per heavy atom. The highest BCUT2D eigenvalue weighted by atomic mass is 16.4. The van der Waals surface area contributed by atoms with E-state index in [0.717, 1.165) is 16.8 Å². The summed E-state index contributed by atoms with van der Waals surface area (Å²) in [4.78, 5) is 27.2. The molecule has 1 amide bonds. The van der Waals surface area contributed by atoms with E-state index in [9.17, 15) is 14.7 Å². The number of fused-ring (bicyclic) bond motifs is 1. The summed E-state index contributed by atoms with van der Waals surface area (Å²) in [5.41, 5.74) is 2.83. The molecule has 1 aliphatic heterocycles. The molecule has 0 bridgehead atoms. The number of phenols is 1. The van der Waals surface area contributed by atoms with Gasteiger partial charge in [0, 0.05) is 18.0 Å². The molecule has 0 saturated heterocycles. The zero-order valence-corrected chi connectivity index (χ0v) is 12.3. The Hall–Kier alpha value is -3.15. The summed E-state index contributed by atoms with van der Waals surface area (Å²) in [6, 6.07) is 9.64. The van der Waals surface area contributed by atoms with Crippen molar-refractivity contribution in [2.75, 3.05) is 5.32 Å². The van der Waals surface area contributed by atoms with Crippen LogP contribution in [0.5, 0.6) is 5.75 Å². The first-order chi connectivity index (χ1) is 11.0. The molecule has 1 heterocycles. The monoisotopic (exact) mass is 310 g/mol. The van der Waals surface area contributed by atoms with E-state index in [4.69, 9.17) is 5.11 Å².